The molecule has 0 saturated carbocycles. The van der Waals surface area contributed by atoms with Crippen LogP contribution in [0, 0.1) is 6.92 Å². The third-order valence-corrected chi connectivity index (χ3v) is 4.10. The van der Waals surface area contributed by atoms with Crippen LogP contribution in [0.15, 0.2) is 17.5 Å². The van der Waals surface area contributed by atoms with Crippen molar-refractivity contribution in [2.45, 2.75) is 19.4 Å². The van der Waals surface area contributed by atoms with E-state index in [0.717, 1.165) is 10.7 Å². The lowest BCUT2D eigenvalue weighted by atomic mass is 10.1. The Morgan fingerprint density at radius 1 is 1.14 bits per heavy atom. The normalized spacial score (nSPS) is 12.0. The largest absolute Gasteiger partial charge is 0.493 e. The van der Waals surface area contributed by atoms with Gasteiger partial charge in [-0.05, 0) is 24.6 Å². The molecular weight excluding hydrogens is 290 g/mol. The second kappa shape index (κ2) is 6.78. The van der Waals surface area contributed by atoms with E-state index in [9.17, 15) is 5.11 Å². The fourth-order valence-electron chi connectivity index (χ4n) is 2.07. The average molecular weight is 309 g/mol. The molecule has 0 saturated heterocycles. The molecule has 6 heteroatoms. The molecule has 0 aliphatic rings. The summed E-state index contributed by atoms with van der Waals surface area (Å²) in [6.07, 6.45) is -0.221. The molecule has 5 nitrogen and oxygen atoms in total. The van der Waals surface area contributed by atoms with Crippen LogP contribution in [-0.2, 0) is 6.42 Å². The summed E-state index contributed by atoms with van der Waals surface area (Å²) in [5, 5.41) is 13.3. The lowest BCUT2D eigenvalue weighted by Gasteiger charge is -2.16. The molecule has 1 unspecified atom stereocenters. The highest BCUT2D eigenvalue weighted by Crippen LogP contribution is 2.40. The van der Waals surface area contributed by atoms with Crippen LogP contribution in [0.2, 0.25) is 0 Å². The van der Waals surface area contributed by atoms with Crippen LogP contribution in [0.25, 0.3) is 0 Å². The molecule has 0 aliphatic carbocycles. The SMILES string of the molecule is COc1cc(C(O)Cc2nc(C)cs2)cc(OC)c1OC. The Morgan fingerprint density at radius 3 is 2.19 bits per heavy atom. The highest BCUT2D eigenvalue weighted by molar-refractivity contribution is 7.09. The molecule has 21 heavy (non-hydrogen) atoms. The minimum Gasteiger partial charge on any atom is -0.493 e. The number of hydrogen-bond donors (Lipinski definition) is 1. The van der Waals surface area contributed by atoms with Crippen LogP contribution in [-0.4, -0.2) is 31.4 Å². The number of benzene rings is 1. The Hall–Kier alpha value is -1.79. The lowest BCUT2D eigenvalue weighted by molar-refractivity contribution is 0.177. The molecule has 0 amide bonds. The second-order valence-corrected chi connectivity index (χ2v) is 5.50. The zero-order chi connectivity index (χ0) is 15.4. The summed E-state index contributed by atoms with van der Waals surface area (Å²) in [4.78, 5) is 4.37. The average Bonchev–Trinajstić information content (AvgIpc) is 2.90. The third kappa shape index (κ3) is 3.46. The van der Waals surface area contributed by atoms with Gasteiger partial charge in [-0.3, -0.25) is 0 Å². The molecule has 1 N–H and O–H groups in total. The lowest BCUT2D eigenvalue weighted by Crippen LogP contribution is -2.04. The summed E-state index contributed by atoms with van der Waals surface area (Å²) >= 11 is 1.54. The van der Waals surface area contributed by atoms with Crippen molar-refractivity contribution >= 4 is 11.3 Å². The Balaban J connectivity index is 2.30. The zero-order valence-corrected chi connectivity index (χ0v) is 13.4. The van der Waals surface area contributed by atoms with Crippen molar-refractivity contribution in [3.05, 3.63) is 33.8 Å². The molecular formula is C15H19NO4S. The van der Waals surface area contributed by atoms with E-state index in [1.165, 1.54) is 0 Å². The van der Waals surface area contributed by atoms with E-state index in [-0.39, 0.29) is 0 Å². The third-order valence-electron chi connectivity index (χ3n) is 3.11. The fraction of sp³-hybridized carbons (Fsp3) is 0.400. The minimum absolute atomic E-state index is 0.456. The van der Waals surface area contributed by atoms with Gasteiger partial charge in [0, 0.05) is 17.5 Å². The minimum atomic E-state index is -0.677. The molecule has 2 rings (SSSR count). The number of methoxy groups -OCH3 is 3. The monoisotopic (exact) mass is 309 g/mol. The van der Waals surface area contributed by atoms with E-state index in [0.29, 0.717) is 29.2 Å². The van der Waals surface area contributed by atoms with Crippen LogP contribution in [0.1, 0.15) is 22.4 Å². The first kappa shape index (κ1) is 15.6. The van der Waals surface area contributed by atoms with Crippen molar-refractivity contribution in [1.82, 2.24) is 4.98 Å². The van der Waals surface area contributed by atoms with E-state index in [1.54, 1.807) is 44.8 Å². The van der Waals surface area contributed by atoms with Crippen LogP contribution in [0.4, 0.5) is 0 Å². The summed E-state index contributed by atoms with van der Waals surface area (Å²) in [5.74, 6) is 1.57. The van der Waals surface area contributed by atoms with E-state index in [4.69, 9.17) is 14.2 Å². The topological polar surface area (TPSA) is 60.8 Å². The Bertz CT molecular complexity index is 586. The maximum atomic E-state index is 10.4. The van der Waals surface area contributed by atoms with E-state index < -0.39 is 6.10 Å². The number of ether oxygens (including phenoxy) is 3. The summed E-state index contributed by atoms with van der Waals surface area (Å²) in [6.45, 7) is 1.94. The van der Waals surface area contributed by atoms with Crippen LogP contribution < -0.4 is 14.2 Å². The zero-order valence-electron chi connectivity index (χ0n) is 12.5. The van der Waals surface area contributed by atoms with Crippen molar-refractivity contribution in [3.8, 4) is 17.2 Å². The standard InChI is InChI=1S/C15H19NO4S/c1-9-8-21-14(16-9)7-11(17)10-5-12(18-2)15(20-4)13(6-10)19-3/h5-6,8,11,17H,7H2,1-4H3. The van der Waals surface area contributed by atoms with Crippen LogP contribution in [0.3, 0.4) is 0 Å². The molecule has 0 bridgehead atoms. The van der Waals surface area contributed by atoms with Gasteiger partial charge in [-0.15, -0.1) is 11.3 Å². The van der Waals surface area contributed by atoms with Gasteiger partial charge in [-0.25, -0.2) is 4.98 Å². The number of aliphatic hydroxyl groups is 1. The van der Waals surface area contributed by atoms with Gasteiger partial charge in [-0.2, -0.15) is 0 Å². The first-order chi connectivity index (χ1) is 10.1. The first-order valence-electron chi connectivity index (χ1n) is 6.48. The number of rotatable bonds is 6. The Morgan fingerprint density at radius 2 is 1.76 bits per heavy atom. The second-order valence-electron chi connectivity index (χ2n) is 4.56. The van der Waals surface area contributed by atoms with Gasteiger partial charge in [0.1, 0.15) is 0 Å². The number of thiazole rings is 1. The number of aliphatic hydroxyl groups excluding tert-OH is 1. The summed E-state index contributed by atoms with van der Waals surface area (Å²) in [7, 11) is 4.66. The predicted octanol–water partition coefficient (Wildman–Crippen LogP) is 2.75. The van der Waals surface area contributed by atoms with Crippen molar-refractivity contribution in [2.24, 2.45) is 0 Å². The number of nitrogens with zero attached hydrogens (tertiary/aromatic N) is 1. The first-order valence-corrected chi connectivity index (χ1v) is 7.36. The van der Waals surface area contributed by atoms with Crippen molar-refractivity contribution in [3.63, 3.8) is 0 Å². The molecule has 1 atom stereocenters. The predicted molar refractivity (Wildman–Crippen MR) is 81.6 cm³/mol. The maximum absolute atomic E-state index is 10.4. The molecule has 0 spiro atoms. The number of aromatic nitrogens is 1. The fourth-order valence-corrected chi connectivity index (χ4v) is 2.88. The maximum Gasteiger partial charge on any atom is 0.203 e. The quantitative estimate of drug-likeness (QED) is 0.889. The van der Waals surface area contributed by atoms with E-state index in [2.05, 4.69) is 4.98 Å². The summed E-state index contributed by atoms with van der Waals surface area (Å²) in [6, 6.07) is 3.51. The molecule has 2 aromatic rings. The number of hydrogen-bond acceptors (Lipinski definition) is 6. The molecule has 1 aromatic heterocycles. The Labute approximate surface area is 128 Å². The summed E-state index contributed by atoms with van der Waals surface area (Å²) in [5.41, 5.74) is 1.67. The van der Waals surface area contributed by atoms with Crippen molar-refractivity contribution in [1.29, 1.82) is 0 Å². The highest BCUT2D eigenvalue weighted by Gasteiger charge is 2.18. The van der Waals surface area contributed by atoms with Gasteiger partial charge in [0.25, 0.3) is 0 Å². The van der Waals surface area contributed by atoms with Crippen LogP contribution in [0.5, 0.6) is 17.2 Å². The van der Waals surface area contributed by atoms with Gasteiger partial charge >= 0.3 is 0 Å². The van der Waals surface area contributed by atoms with Gasteiger partial charge in [0.05, 0.1) is 32.4 Å². The Kier molecular flexibility index (Phi) is 5.03. The summed E-state index contributed by atoms with van der Waals surface area (Å²) < 4.78 is 15.9. The molecule has 1 heterocycles. The van der Waals surface area contributed by atoms with Crippen molar-refractivity contribution in [2.75, 3.05) is 21.3 Å². The molecule has 0 fully saturated rings. The van der Waals surface area contributed by atoms with Gasteiger partial charge in [-0.1, -0.05) is 0 Å². The molecule has 114 valence electrons. The highest BCUT2D eigenvalue weighted by atomic mass is 32.1. The van der Waals surface area contributed by atoms with Gasteiger partial charge in [0.15, 0.2) is 11.5 Å². The van der Waals surface area contributed by atoms with E-state index >= 15 is 0 Å². The molecule has 1 aromatic carbocycles. The molecule has 0 aliphatic heterocycles. The van der Waals surface area contributed by atoms with E-state index in [1.807, 2.05) is 12.3 Å². The van der Waals surface area contributed by atoms with Crippen LogP contribution >= 0.6 is 11.3 Å². The van der Waals surface area contributed by atoms with Gasteiger partial charge in [0.2, 0.25) is 5.75 Å². The number of aryl methyl sites for hydroxylation is 1. The van der Waals surface area contributed by atoms with Crippen molar-refractivity contribution < 1.29 is 19.3 Å². The smallest absolute Gasteiger partial charge is 0.203 e. The molecule has 0 radical (unpaired) electrons. The van der Waals surface area contributed by atoms with Gasteiger partial charge < -0.3 is 19.3 Å².